The zero-order valence-corrected chi connectivity index (χ0v) is 16.1. The van der Waals surface area contributed by atoms with Crippen LogP contribution < -0.4 is 5.32 Å². The van der Waals surface area contributed by atoms with Gasteiger partial charge < -0.3 is 10.1 Å². The maximum atomic E-state index is 13.6. The molecule has 1 amide bonds. The molecule has 28 heavy (non-hydrogen) atoms. The summed E-state index contributed by atoms with van der Waals surface area (Å²) in [7, 11) is 0. The van der Waals surface area contributed by atoms with Crippen LogP contribution in [0.5, 0.6) is 0 Å². The molecular formula is C19H24F2N4O3. The van der Waals surface area contributed by atoms with Crippen molar-refractivity contribution in [1.82, 2.24) is 19.9 Å². The van der Waals surface area contributed by atoms with Crippen LogP contribution in [0.4, 0.5) is 13.6 Å². The number of nitrogens with one attached hydrogen (secondary N) is 1. The number of hydrogen-bond acceptors (Lipinski definition) is 5. The van der Waals surface area contributed by atoms with Gasteiger partial charge in [0.15, 0.2) is 11.9 Å². The van der Waals surface area contributed by atoms with Gasteiger partial charge in [0, 0.05) is 29.9 Å². The van der Waals surface area contributed by atoms with Crippen molar-refractivity contribution in [3.8, 4) is 0 Å². The molecule has 0 bridgehead atoms. The zero-order chi connectivity index (χ0) is 20.5. The second-order valence-electron chi connectivity index (χ2n) is 8.27. The lowest BCUT2D eigenvalue weighted by molar-refractivity contribution is -0.0650. The number of rotatable bonds is 4. The fourth-order valence-corrected chi connectivity index (χ4v) is 3.33. The van der Waals surface area contributed by atoms with Crippen LogP contribution in [-0.4, -0.2) is 38.4 Å². The summed E-state index contributed by atoms with van der Waals surface area (Å²) in [6.45, 7) is 5.46. The van der Waals surface area contributed by atoms with E-state index < -0.39 is 23.7 Å². The summed E-state index contributed by atoms with van der Waals surface area (Å²) in [5.74, 6) is -2.96. The van der Waals surface area contributed by atoms with E-state index in [0.717, 1.165) is 0 Å². The largest absolute Gasteiger partial charge is 0.439 e. The third kappa shape index (κ3) is 4.82. The van der Waals surface area contributed by atoms with Crippen molar-refractivity contribution in [3.63, 3.8) is 0 Å². The van der Waals surface area contributed by atoms with Gasteiger partial charge in [0.05, 0.1) is 12.4 Å². The van der Waals surface area contributed by atoms with Crippen molar-refractivity contribution >= 4 is 18.0 Å². The van der Waals surface area contributed by atoms with E-state index in [1.54, 1.807) is 12.3 Å². The Morgan fingerprint density at radius 2 is 2.07 bits per heavy atom. The number of aromatic nitrogens is 3. The molecule has 0 radical (unpaired) electrons. The quantitative estimate of drug-likeness (QED) is 0.794. The highest BCUT2D eigenvalue weighted by atomic mass is 19.3. The average Bonchev–Trinajstić information content (AvgIpc) is 3.01. The van der Waals surface area contributed by atoms with Crippen LogP contribution in [0, 0.1) is 5.92 Å². The minimum atomic E-state index is -2.69. The number of carbonyl (C=O) groups excluding carboxylic acids is 2. The fraction of sp³-hybridized carbons (Fsp3) is 0.579. The van der Waals surface area contributed by atoms with Crippen LogP contribution in [0.3, 0.4) is 0 Å². The average molecular weight is 394 g/mol. The molecule has 0 spiro atoms. The first-order valence-corrected chi connectivity index (χ1v) is 9.23. The third-order valence-electron chi connectivity index (χ3n) is 4.69. The number of nitrogens with zero attached hydrogens (tertiary/aromatic N) is 3. The molecule has 1 aliphatic rings. The molecule has 0 saturated heterocycles. The molecule has 1 fully saturated rings. The number of carbonyl (C=O) groups is 2. The van der Waals surface area contributed by atoms with E-state index in [-0.39, 0.29) is 31.6 Å². The Bertz CT molecular complexity index is 866. The molecule has 3 rings (SSSR count). The van der Waals surface area contributed by atoms with Gasteiger partial charge in [-0.3, -0.25) is 4.79 Å². The topological polar surface area (TPSA) is 85.6 Å². The molecule has 1 atom stereocenters. The molecule has 2 aromatic rings. The fourth-order valence-electron chi connectivity index (χ4n) is 3.33. The minimum Gasteiger partial charge on any atom is -0.439 e. The van der Waals surface area contributed by atoms with Gasteiger partial charge in [-0.2, -0.15) is 5.10 Å². The number of ether oxygens (including phenoxy) is 1. The molecule has 0 aromatic carbocycles. The number of halogens is 2. The van der Waals surface area contributed by atoms with E-state index in [0.29, 0.717) is 23.2 Å². The van der Waals surface area contributed by atoms with E-state index in [4.69, 9.17) is 4.74 Å². The highest BCUT2D eigenvalue weighted by molar-refractivity contribution is 5.75. The first-order valence-electron chi connectivity index (χ1n) is 9.23. The number of hydrogen-bond donors (Lipinski definition) is 1. The summed E-state index contributed by atoms with van der Waals surface area (Å²) in [5, 5.41) is 6.83. The molecule has 9 heteroatoms. The number of amides is 1. The van der Waals surface area contributed by atoms with Crippen LogP contribution in [-0.2, 0) is 4.74 Å². The van der Waals surface area contributed by atoms with Gasteiger partial charge in [0.2, 0.25) is 5.92 Å². The predicted molar refractivity (Wildman–Crippen MR) is 97.4 cm³/mol. The second-order valence-corrected chi connectivity index (χ2v) is 8.27. The molecular weight excluding hydrogens is 370 g/mol. The summed E-state index contributed by atoms with van der Waals surface area (Å²) in [4.78, 5) is 27.7. The van der Waals surface area contributed by atoms with Crippen molar-refractivity contribution in [2.75, 3.05) is 0 Å². The summed E-state index contributed by atoms with van der Waals surface area (Å²) >= 11 is 0. The third-order valence-corrected chi connectivity index (χ3v) is 4.69. The van der Waals surface area contributed by atoms with Gasteiger partial charge in [0.1, 0.15) is 11.8 Å². The molecule has 1 N–H and O–H groups in total. The molecule has 0 unspecified atom stereocenters. The number of aldehydes is 1. The molecule has 0 aliphatic heterocycles. The zero-order valence-electron chi connectivity index (χ0n) is 16.1. The first kappa shape index (κ1) is 20.2. The van der Waals surface area contributed by atoms with Crippen LogP contribution in [0.25, 0.3) is 5.65 Å². The van der Waals surface area contributed by atoms with Crippen molar-refractivity contribution in [1.29, 1.82) is 0 Å². The van der Waals surface area contributed by atoms with E-state index in [1.807, 2.05) is 20.8 Å². The summed E-state index contributed by atoms with van der Waals surface area (Å²) in [6, 6.07) is 1.56. The highest BCUT2D eigenvalue weighted by Gasteiger charge is 2.40. The lowest BCUT2D eigenvalue weighted by atomic mass is 9.82. The Morgan fingerprint density at radius 3 is 2.68 bits per heavy atom. The SMILES string of the molecule is CC(C)(C)NC(=O)O[C@H](c1cn2ncc(C=O)cc2n1)C1CCC(F)(F)CC1. The lowest BCUT2D eigenvalue weighted by Crippen LogP contribution is -2.42. The molecule has 152 valence electrons. The minimum absolute atomic E-state index is 0.224. The standard InChI is InChI=1S/C19H24F2N4O3/c1-18(2,3)24-17(27)28-16(13-4-6-19(20,21)7-5-13)14-10-25-15(23-14)8-12(11-26)9-22-25/h8-11,13,16H,4-7H2,1-3H3,(H,24,27)/t16-/m0/s1. The van der Waals surface area contributed by atoms with Crippen LogP contribution in [0.1, 0.15) is 68.6 Å². The molecule has 7 nitrogen and oxygen atoms in total. The van der Waals surface area contributed by atoms with Gasteiger partial charge in [-0.1, -0.05) is 0 Å². The van der Waals surface area contributed by atoms with Crippen LogP contribution in [0.15, 0.2) is 18.5 Å². The Labute approximate surface area is 161 Å². The van der Waals surface area contributed by atoms with Crippen molar-refractivity contribution in [3.05, 3.63) is 29.7 Å². The van der Waals surface area contributed by atoms with Gasteiger partial charge in [-0.05, 0) is 39.7 Å². The summed E-state index contributed by atoms with van der Waals surface area (Å²) in [5.41, 5.74) is 0.714. The van der Waals surface area contributed by atoms with Gasteiger partial charge >= 0.3 is 6.09 Å². The van der Waals surface area contributed by atoms with Gasteiger partial charge in [0.25, 0.3) is 0 Å². The Hall–Kier alpha value is -2.58. The number of alkyl halides is 2. The van der Waals surface area contributed by atoms with Gasteiger partial charge in [-0.15, -0.1) is 0 Å². The van der Waals surface area contributed by atoms with Gasteiger partial charge in [-0.25, -0.2) is 23.1 Å². The summed E-state index contributed by atoms with van der Waals surface area (Å²) < 4.78 is 34.3. The maximum absolute atomic E-state index is 13.6. The molecule has 2 heterocycles. The first-order chi connectivity index (χ1) is 13.1. The smallest absolute Gasteiger partial charge is 0.408 e. The van der Waals surface area contributed by atoms with E-state index in [2.05, 4.69) is 15.4 Å². The van der Waals surface area contributed by atoms with E-state index in [9.17, 15) is 18.4 Å². The predicted octanol–water partition coefficient (Wildman–Crippen LogP) is 3.93. The van der Waals surface area contributed by atoms with Crippen molar-refractivity contribution < 1.29 is 23.1 Å². The van der Waals surface area contributed by atoms with E-state index in [1.165, 1.54) is 10.7 Å². The van der Waals surface area contributed by atoms with E-state index >= 15 is 0 Å². The maximum Gasteiger partial charge on any atom is 0.408 e. The number of alkyl carbamates (subject to hydrolysis) is 1. The number of imidazole rings is 1. The second kappa shape index (κ2) is 7.44. The highest BCUT2D eigenvalue weighted by Crippen LogP contribution is 2.42. The van der Waals surface area contributed by atoms with Crippen molar-refractivity contribution in [2.45, 2.75) is 64.0 Å². The van der Waals surface area contributed by atoms with Crippen molar-refractivity contribution in [2.24, 2.45) is 5.92 Å². The lowest BCUT2D eigenvalue weighted by Gasteiger charge is -2.33. The Balaban J connectivity index is 1.89. The Kier molecular flexibility index (Phi) is 5.36. The normalized spacial score (nSPS) is 18.6. The number of fused-ring (bicyclic) bond motifs is 1. The summed E-state index contributed by atoms with van der Waals surface area (Å²) in [6.07, 6.45) is 2.20. The monoisotopic (exact) mass is 394 g/mol. The van der Waals surface area contributed by atoms with Crippen LogP contribution >= 0.6 is 0 Å². The molecule has 1 saturated carbocycles. The molecule has 2 aromatic heterocycles. The van der Waals surface area contributed by atoms with Crippen LogP contribution in [0.2, 0.25) is 0 Å². The molecule has 1 aliphatic carbocycles. The Morgan fingerprint density at radius 1 is 1.39 bits per heavy atom.